The summed E-state index contributed by atoms with van der Waals surface area (Å²) in [5.41, 5.74) is 19.8. The van der Waals surface area contributed by atoms with Crippen LogP contribution in [0.2, 0.25) is 0 Å². The normalized spacial score (nSPS) is 11.4. The maximum Gasteiger partial charge on any atom is 0.0491 e. The molecule has 0 aliphatic heterocycles. The predicted molar refractivity (Wildman–Crippen MR) is 218 cm³/mol. The molecule has 6 rings (SSSR count). The molecule has 0 aliphatic rings. The molecule has 0 amide bonds. The lowest BCUT2D eigenvalue weighted by molar-refractivity contribution is 0.866. The van der Waals surface area contributed by atoms with Crippen molar-refractivity contribution in [2.45, 2.75) is 81.1 Å². The second kappa shape index (κ2) is 14.4. The van der Waals surface area contributed by atoms with Crippen LogP contribution in [-0.4, -0.2) is 0 Å². The van der Waals surface area contributed by atoms with Crippen LogP contribution in [-0.2, 0) is 0 Å². The maximum absolute atomic E-state index is 2.42. The highest BCUT2D eigenvalue weighted by atomic mass is 15.2. The predicted octanol–water partition coefficient (Wildman–Crippen LogP) is 14.4. The lowest BCUT2D eigenvalue weighted by Gasteiger charge is -2.30. The van der Waals surface area contributed by atoms with Gasteiger partial charge in [-0.3, -0.25) is 0 Å². The Balaban J connectivity index is 1.40. The van der Waals surface area contributed by atoms with Gasteiger partial charge in [0, 0.05) is 34.1 Å². The zero-order chi connectivity index (χ0) is 35.7. The summed E-state index contributed by atoms with van der Waals surface area (Å²) in [5.74, 6) is 0.987. The quantitative estimate of drug-likeness (QED) is 0.153. The summed E-state index contributed by atoms with van der Waals surface area (Å²) in [6.45, 7) is 22.2. The van der Waals surface area contributed by atoms with Gasteiger partial charge in [-0.2, -0.15) is 0 Å². The Hall–Kier alpha value is -5.08. The minimum Gasteiger partial charge on any atom is -0.310 e. The molecule has 50 heavy (non-hydrogen) atoms. The summed E-state index contributed by atoms with van der Waals surface area (Å²) in [6, 6.07) is 45.5. The number of hydrogen-bond donors (Lipinski definition) is 0. The van der Waals surface area contributed by atoms with Crippen LogP contribution < -0.4 is 9.80 Å². The molecule has 0 saturated heterocycles. The molecule has 0 fully saturated rings. The van der Waals surface area contributed by atoms with Crippen molar-refractivity contribution in [2.75, 3.05) is 9.80 Å². The lowest BCUT2D eigenvalue weighted by atomic mass is 9.97. The molecule has 0 N–H and O–H groups in total. The van der Waals surface area contributed by atoms with E-state index in [0.717, 1.165) is 0 Å². The van der Waals surface area contributed by atoms with Crippen LogP contribution in [0.15, 0.2) is 121 Å². The zero-order valence-corrected chi connectivity index (χ0v) is 31.6. The summed E-state index contributed by atoms with van der Waals surface area (Å²) < 4.78 is 0. The third kappa shape index (κ3) is 7.12. The standard InChI is InChI=1S/C48H52N2/c1-31(2)39-13-19-43(20-14-39)49(45-23-11-33(5)27-35(45)7)47-25-17-41(29-37(47)9)42-18-26-48(38(10)30-42)50(46-24-12-34(6)28-36(46)8)44-21-15-40(16-22-44)32(3)4/h11-32H,1-10H3. The van der Waals surface area contributed by atoms with Gasteiger partial charge < -0.3 is 9.80 Å². The molecule has 0 saturated carbocycles. The van der Waals surface area contributed by atoms with E-state index in [1.807, 2.05) is 0 Å². The SMILES string of the molecule is Cc1ccc(N(c2ccc(C(C)C)cc2)c2ccc(-c3ccc(N(c4ccc(C(C)C)cc4)c4ccc(C)cc4C)c(C)c3)cc2C)c(C)c1. The van der Waals surface area contributed by atoms with Gasteiger partial charge in [-0.15, -0.1) is 0 Å². The average molecular weight is 657 g/mol. The maximum atomic E-state index is 2.42. The topological polar surface area (TPSA) is 6.48 Å². The van der Waals surface area contributed by atoms with E-state index in [-0.39, 0.29) is 0 Å². The Morgan fingerprint density at radius 2 is 0.640 bits per heavy atom. The molecule has 6 aromatic carbocycles. The molecule has 0 radical (unpaired) electrons. The van der Waals surface area contributed by atoms with E-state index in [4.69, 9.17) is 0 Å². The third-order valence-corrected chi connectivity index (χ3v) is 10.0. The molecule has 0 heterocycles. The molecule has 254 valence electrons. The van der Waals surface area contributed by atoms with Crippen molar-refractivity contribution in [2.24, 2.45) is 0 Å². The van der Waals surface area contributed by atoms with E-state index in [9.17, 15) is 0 Å². The number of benzene rings is 6. The van der Waals surface area contributed by atoms with Crippen LogP contribution in [0.1, 0.15) is 84.0 Å². The van der Waals surface area contributed by atoms with E-state index in [1.54, 1.807) is 0 Å². The Labute approximate surface area is 301 Å². The van der Waals surface area contributed by atoms with Crippen molar-refractivity contribution in [3.63, 3.8) is 0 Å². The van der Waals surface area contributed by atoms with E-state index < -0.39 is 0 Å². The van der Waals surface area contributed by atoms with Crippen LogP contribution in [0.3, 0.4) is 0 Å². The fourth-order valence-corrected chi connectivity index (χ4v) is 7.12. The van der Waals surface area contributed by atoms with Gasteiger partial charge in [-0.05, 0) is 159 Å². The first-order valence-electron chi connectivity index (χ1n) is 18.1. The van der Waals surface area contributed by atoms with Crippen molar-refractivity contribution in [1.82, 2.24) is 0 Å². The Morgan fingerprint density at radius 3 is 0.920 bits per heavy atom. The van der Waals surface area contributed by atoms with E-state index in [1.165, 1.54) is 89.8 Å². The van der Waals surface area contributed by atoms with E-state index in [0.29, 0.717) is 11.8 Å². The van der Waals surface area contributed by atoms with Gasteiger partial charge in [-0.25, -0.2) is 0 Å². The minimum absolute atomic E-state index is 0.493. The van der Waals surface area contributed by atoms with Gasteiger partial charge in [0.1, 0.15) is 0 Å². The molecule has 2 nitrogen and oxygen atoms in total. The molecule has 0 unspecified atom stereocenters. The zero-order valence-electron chi connectivity index (χ0n) is 31.6. The van der Waals surface area contributed by atoms with Crippen LogP contribution in [0, 0.1) is 41.5 Å². The fraction of sp³-hybridized carbons (Fsp3) is 0.250. The third-order valence-electron chi connectivity index (χ3n) is 10.0. The number of rotatable bonds is 9. The highest BCUT2D eigenvalue weighted by Gasteiger charge is 2.20. The van der Waals surface area contributed by atoms with Gasteiger partial charge in [-0.1, -0.05) is 99.5 Å². The molecule has 0 spiro atoms. The highest BCUT2D eigenvalue weighted by Crippen LogP contribution is 2.42. The first-order valence-corrected chi connectivity index (χ1v) is 18.1. The van der Waals surface area contributed by atoms with Crippen molar-refractivity contribution in [1.29, 1.82) is 0 Å². The Kier molecular flexibility index (Phi) is 10.0. The summed E-state index contributed by atoms with van der Waals surface area (Å²) in [7, 11) is 0. The molecule has 6 aromatic rings. The summed E-state index contributed by atoms with van der Waals surface area (Å²) in [5, 5.41) is 0. The summed E-state index contributed by atoms with van der Waals surface area (Å²) in [6.07, 6.45) is 0. The smallest absolute Gasteiger partial charge is 0.0491 e. The molecular weight excluding hydrogens is 605 g/mol. The van der Waals surface area contributed by atoms with Crippen molar-refractivity contribution < 1.29 is 0 Å². The number of aryl methyl sites for hydroxylation is 6. The highest BCUT2D eigenvalue weighted by molar-refractivity contribution is 5.84. The number of hydrogen-bond acceptors (Lipinski definition) is 2. The largest absolute Gasteiger partial charge is 0.310 e. The monoisotopic (exact) mass is 656 g/mol. The minimum atomic E-state index is 0.493. The van der Waals surface area contributed by atoms with Crippen molar-refractivity contribution in [3.8, 4) is 11.1 Å². The van der Waals surface area contributed by atoms with E-state index >= 15 is 0 Å². The van der Waals surface area contributed by atoms with E-state index in [2.05, 4.69) is 200 Å². The number of anilines is 6. The summed E-state index contributed by atoms with van der Waals surface area (Å²) >= 11 is 0. The van der Waals surface area contributed by atoms with Crippen LogP contribution in [0.5, 0.6) is 0 Å². The van der Waals surface area contributed by atoms with Crippen molar-refractivity contribution >= 4 is 34.1 Å². The molecule has 2 heteroatoms. The lowest BCUT2D eigenvalue weighted by Crippen LogP contribution is -2.13. The Bertz CT molecular complexity index is 1960. The van der Waals surface area contributed by atoms with Gasteiger partial charge in [0.05, 0.1) is 0 Å². The molecule has 0 atom stereocenters. The first kappa shape index (κ1) is 34.8. The van der Waals surface area contributed by atoms with Crippen LogP contribution in [0.25, 0.3) is 11.1 Å². The first-order chi connectivity index (χ1) is 23.9. The average Bonchev–Trinajstić information content (AvgIpc) is 3.08. The number of nitrogens with zero attached hydrogens (tertiary/aromatic N) is 2. The van der Waals surface area contributed by atoms with Crippen molar-refractivity contribution in [3.05, 3.63) is 166 Å². The van der Waals surface area contributed by atoms with Gasteiger partial charge in [0.2, 0.25) is 0 Å². The Morgan fingerprint density at radius 1 is 0.340 bits per heavy atom. The fourth-order valence-electron chi connectivity index (χ4n) is 7.12. The van der Waals surface area contributed by atoms with Gasteiger partial charge in [0.25, 0.3) is 0 Å². The second-order valence-corrected chi connectivity index (χ2v) is 14.7. The van der Waals surface area contributed by atoms with Gasteiger partial charge in [0.15, 0.2) is 0 Å². The molecule has 0 aromatic heterocycles. The molecular formula is C48H52N2. The summed E-state index contributed by atoms with van der Waals surface area (Å²) in [4.78, 5) is 4.83. The van der Waals surface area contributed by atoms with Crippen LogP contribution >= 0.6 is 0 Å². The van der Waals surface area contributed by atoms with Gasteiger partial charge >= 0.3 is 0 Å². The molecule has 0 aliphatic carbocycles. The second-order valence-electron chi connectivity index (χ2n) is 14.7. The molecule has 0 bridgehead atoms. The van der Waals surface area contributed by atoms with Crippen LogP contribution in [0.4, 0.5) is 34.1 Å².